The van der Waals surface area contributed by atoms with Crippen LogP contribution in [0.1, 0.15) is 25.6 Å². The topological polar surface area (TPSA) is 34.4 Å². The normalized spacial score (nSPS) is 11.3. The number of fused-ring (bicyclic) bond motifs is 1. The van der Waals surface area contributed by atoms with Crippen molar-refractivity contribution >= 4 is 10.9 Å². The van der Waals surface area contributed by atoms with Crippen molar-refractivity contribution in [2.24, 2.45) is 0 Å². The molecule has 0 aliphatic carbocycles. The summed E-state index contributed by atoms with van der Waals surface area (Å²) in [6, 6.07) is 13.8. The molecule has 0 amide bonds. The first kappa shape index (κ1) is 14.4. The summed E-state index contributed by atoms with van der Waals surface area (Å²) in [4.78, 5) is 0. The van der Waals surface area contributed by atoms with Crippen LogP contribution in [0.25, 0.3) is 10.9 Å². The molecule has 3 rings (SSSR count). The summed E-state index contributed by atoms with van der Waals surface area (Å²) in [5.41, 5.74) is 1.92. The Kier molecular flexibility index (Phi) is 3.75. The van der Waals surface area contributed by atoms with E-state index in [0.29, 0.717) is 12.4 Å². The monoisotopic (exact) mass is 299 g/mol. The zero-order chi connectivity index (χ0) is 15.7. The lowest BCUT2D eigenvalue weighted by atomic mass is 10.2. The predicted octanol–water partition coefficient (Wildman–Crippen LogP) is 4.65. The van der Waals surface area contributed by atoms with Crippen LogP contribution in [0.3, 0.4) is 0 Å². The Bertz CT molecular complexity index is 808. The second-order valence-corrected chi connectivity index (χ2v) is 5.56. The number of aromatic nitrogens is 1. The second kappa shape index (κ2) is 5.72. The van der Waals surface area contributed by atoms with Gasteiger partial charge >= 0.3 is 0 Å². The minimum Gasteiger partial charge on any atom is -0.504 e. The van der Waals surface area contributed by atoms with Gasteiger partial charge in [0.1, 0.15) is 12.4 Å². The first-order valence-electron chi connectivity index (χ1n) is 7.26. The second-order valence-electron chi connectivity index (χ2n) is 5.56. The number of aromatic hydroxyl groups is 1. The van der Waals surface area contributed by atoms with Gasteiger partial charge in [0.2, 0.25) is 0 Å². The fourth-order valence-corrected chi connectivity index (χ4v) is 2.72. The van der Waals surface area contributed by atoms with Crippen LogP contribution in [0.5, 0.6) is 11.5 Å². The molecule has 0 saturated heterocycles. The summed E-state index contributed by atoms with van der Waals surface area (Å²) in [6.07, 6.45) is 0. The molecule has 1 N–H and O–H groups in total. The highest BCUT2D eigenvalue weighted by atomic mass is 19.1. The van der Waals surface area contributed by atoms with Crippen LogP contribution < -0.4 is 4.74 Å². The number of para-hydroxylation sites is 2. The molecule has 2 aromatic carbocycles. The van der Waals surface area contributed by atoms with Crippen LogP contribution in [0, 0.1) is 5.82 Å². The molecule has 1 aromatic heterocycles. The standard InChI is InChI=1S/C18H18FNO2/c1-12(2)20-15(10-13-9-14(19)7-8-16(13)20)11-22-18-6-4-3-5-17(18)21/h3-10,12,21H,11H2,1-2H3. The summed E-state index contributed by atoms with van der Waals surface area (Å²) in [5.74, 6) is 0.302. The Morgan fingerprint density at radius 3 is 2.64 bits per heavy atom. The Balaban J connectivity index is 1.96. The van der Waals surface area contributed by atoms with Gasteiger partial charge in [-0.1, -0.05) is 12.1 Å². The Morgan fingerprint density at radius 1 is 1.14 bits per heavy atom. The van der Waals surface area contributed by atoms with Crippen molar-refractivity contribution in [1.82, 2.24) is 4.57 Å². The van der Waals surface area contributed by atoms with E-state index in [1.54, 1.807) is 24.3 Å². The van der Waals surface area contributed by atoms with Crippen LogP contribution in [0.2, 0.25) is 0 Å². The third-order valence-corrected chi connectivity index (χ3v) is 3.64. The summed E-state index contributed by atoms with van der Waals surface area (Å²) < 4.78 is 21.2. The summed E-state index contributed by atoms with van der Waals surface area (Å²) in [7, 11) is 0. The molecule has 0 saturated carbocycles. The van der Waals surface area contributed by atoms with Gasteiger partial charge in [-0.2, -0.15) is 0 Å². The highest BCUT2D eigenvalue weighted by molar-refractivity contribution is 5.81. The van der Waals surface area contributed by atoms with Crippen LogP contribution in [0.15, 0.2) is 48.5 Å². The van der Waals surface area contributed by atoms with E-state index in [1.807, 2.05) is 12.1 Å². The van der Waals surface area contributed by atoms with Crippen molar-refractivity contribution < 1.29 is 14.2 Å². The van der Waals surface area contributed by atoms with E-state index < -0.39 is 0 Å². The highest BCUT2D eigenvalue weighted by Gasteiger charge is 2.13. The average molecular weight is 299 g/mol. The molecule has 1 heterocycles. The van der Waals surface area contributed by atoms with Crippen molar-refractivity contribution in [3.8, 4) is 11.5 Å². The lowest BCUT2D eigenvalue weighted by Gasteiger charge is -2.15. The molecule has 4 heteroatoms. The molecule has 0 aliphatic heterocycles. The quantitative estimate of drug-likeness (QED) is 0.761. The average Bonchev–Trinajstić information content (AvgIpc) is 2.84. The van der Waals surface area contributed by atoms with E-state index >= 15 is 0 Å². The Morgan fingerprint density at radius 2 is 1.91 bits per heavy atom. The van der Waals surface area contributed by atoms with Crippen molar-refractivity contribution in [3.63, 3.8) is 0 Å². The third-order valence-electron chi connectivity index (χ3n) is 3.64. The van der Waals surface area contributed by atoms with Gasteiger partial charge in [0, 0.05) is 16.9 Å². The Labute approximate surface area is 128 Å². The fraction of sp³-hybridized carbons (Fsp3) is 0.222. The van der Waals surface area contributed by atoms with E-state index in [4.69, 9.17) is 4.74 Å². The lowest BCUT2D eigenvalue weighted by molar-refractivity contribution is 0.278. The molecule has 22 heavy (non-hydrogen) atoms. The molecule has 114 valence electrons. The van der Waals surface area contributed by atoms with Crippen LogP contribution in [0.4, 0.5) is 4.39 Å². The molecule has 0 radical (unpaired) electrons. The maximum atomic E-state index is 13.4. The van der Waals surface area contributed by atoms with Gasteiger partial charge in [0.15, 0.2) is 11.5 Å². The van der Waals surface area contributed by atoms with Gasteiger partial charge in [0.25, 0.3) is 0 Å². The van der Waals surface area contributed by atoms with Crippen molar-refractivity contribution in [2.45, 2.75) is 26.5 Å². The van der Waals surface area contributed by atoms with E-state index in [0.717, 1.165) is 16.6 Å². The number of halogens is 1. The molecule has 0 spiro atoms. The lowest BCUT2D eigenvalue weighted by Crippen LogP contribution is -2.08. The number of benzene rings is 2. The van der Waals surface area contributed by atoms with Crippen molar-refractivity contribution in [1.29, 1.82) is 0 Å². The molecule has 3 aromatic rings. The number of phenols is 1. The number of ether oxygens (including phenoxy) is 1. The zero-order valence-corrected chi connectivity index (χ0v) is 12.6. The van der Waals surface area contributed by atoms with Crippen LogP contribution in [-0.2, 0) is 6.61 Å². The molecule has 0 atom stereocenters. The molecular formula is C18H18FNO2. The van der Waals surface area contributed by atoms with Gasteiger partial charge in [-0.15, -0.1) is 0 Å². The number of hydrogen-bond acceptors (Lipinski definition) is 2. The number of rotatable bonds is 4. The van der Waals surface area contributed by atoms with E-state index in [-0.39, 0.29) is 17.6 Å². The first-order chi connectivity index (χ1) is 10.6. The Hall–Kier alpha value is -2.49. The van der Waals surface area contributed by atoms with Gasteiger partial charge in [-0.3, -0.25) is 0 Å². The number of phenolic OH excluding ortho intramolecular Hbond substituents is 1. The molecule has 3 nitrogen and oxygen atoms in total. The van der Waals surface area contributed by atoms with Gasteiger partial charge in [-0.05, 0) is 50.2 Å². The van der Waals surface area contributed by atoms with E-state index in [1.165, 1.54) is 12.1 Å². The van der Waals surface area contributed by atoms with Gasteiger partial charge in [0.05, 0.1) is 5.69 Å². The minimum atomic E-state index is -0.249. The van der Waals surface area contributed by atoms with Crippen molar-refractivity contribution in [3.05, 3.63) is 60.0 Å². The summed E-state index contributed by atoms with van der Waals surface area (Å²) >= 11 is 0. The predicted molar refractivity (Wildman–Crippen MR) is 84.7 cm³/mol. The van der Waals surface area contributed by atoms with Gasteiger partial charge in [-0.25, -0.2) is 4.39 Å². The van der Waals surface area contributed by atoms with Crippen molar-refractivity contribution in [2.75, 3.05) is 0 Å². The SMILES string of the molecule is CC(C)n1c(COc2ccccc2O)cc2cc(F)ccc21. The number of nitrogens with zero attached hydrogens (tertiary/aromatic N) is 1. The third kappa shape index (κ3) is 2.64. The smallest absolute Gasteiger partial charge is 0.161 e. The molecule has 0 bridgehead atoms. The largest absolute Gasteiger partial charge is 0.504 e. The van der Waals surface area contributed by atoms with Gasteiger partial charge < -0.3 is 14.4 Å². The molecule has 0 unspecified atom stereocenters. The molecular weight excluding hydrogens is 281 g/mol. The highest BCUT2D eigenvalue weighted by Crippen LogP contribution is 2.28. The van der Waals surface area contributed by atoms with E-state index in [9.17, 15) is 9.50 Å². The minimum absolute atomic E-state index is 0.112. The molecule has 0 aliphatic rings. The maximum Gasteiger partial charge on any atom is 0.161 e. The first-order valence-corrected chi connectivity index (χ1v) is 7.26. The fourth-order valence-electron chi connectivity index (χ4n) is 2.72. The number of hydrogen-bond donors (Lipinski definition) is 1. The van der Waals surface area contributed by atoms with Crippen LogP contribution in [-0.4, -0.2) is 9.67 Å². The van der Waals surface area contributed by atoms with E-state index in [2.05, 4.69) is 18.4 Å². The molecule has 0 fully saturated rings. The summed E-state index contributed by atoms with van der Waals surface area (Å²) in [6.45, 7) is 4.46. The maximum absolute atomic E-state index is 13.4. The zero-order valence-electron chi connectivity index (χ0n) is 12.6. The van der Waals surface area contributed by atoms with Crippen LogP contribution >= 0.6 is 0 Å². The summed E-state index contributed by atoms with van der Waals surface area (Å²) in [5, 5.41) is 10.6.